The number of hydrogen-bond donors (Lipinski definition) is 0. The fraction of sp³-hybridized carbons (Fsp3) is 0.500. The first kappa shape index (κ1) is 18.0. The molecule has 1 nitrogen and oxygen atoms in total. The summed E-state index contributed by atoms with van der Waals surface area (Å²) >= 11 is 0. The minimum Gasteiger partial charge on any atom is -0.404 e. The Morgan fingerprint density at radius 3 is 1.69 bits per heavy atom. The van der Waals surface area contributed by atoms with Gasteiger partial charge in [0, 0.05) is 6.10 Å². The van der Waals surface area contributed by atoms with Gasteiger partial charge in [-0.25, -0.2) is 0 Å². The van der Waals surface area contributed by atoms with Crippen molar-refractivity contribution >= 4 is 18.7 Å². The zero-order valence-corrected chi connectivity index (χ0v) is 17.6. The molecule has 2 aliphatic carbocycles. The summed E-state index contributed by atoms with van der Waals surface area (Å²) in [6.07, 6.45) is 4.32. The van der Waals surface area contributed by atoms with Gasteiger partial charge < -0.3 is 4.43 Å². The predicted molar refractivity (Wildman–Crippen MR) is 112 cm³/mol. The molecule has 2 saturated carbocycles. The van der Waals surface area contributed by atoms with Crippen molar-refractivity contribution < 1.29 is 4.43 Å². The molecule has 2 aliphatic rings. The van der Waals surface area contributed by atoms with Gasteiger partial charge in [-0.1, -0.05) is 94.8 Å². The van der Waals surface area contributed by atoms with Gasteiger partial charge in [0.2, 0.25) is 0 Å². The van der Waals surface area contributed by atoms with Crippen LogP contribution in [0.3, 0.4) is 0 Å². The van der Waals surface area contributed by atoms with Crippen LogP contribution in [0.25, 0.3) is 0 Å². The monoisotopic (exact) mass is 364 g/mol. The molecule has 2 unspecified atom stereocenters. The van der Waals surface area contributed by atoms with Gasteiger partial charge in [0.15, 0.2) is 0 Å². The average Bonchev–Trinajstić information content (AvgIpc) is 3.12. The lowest BCUT2D eigenvalue weighted by Gasteiger charge is -2.45. The van der Waals surface area contributed by atoms with Crippen LogP contribution in [-0.4, -0.2) is 14.4 Å². The number of benzene rings is 2. The van der Waals surface area contributed by atoms with Crippen LogP contribution < -0.4 is 10.4 Å². The fourth-order valence-corrected chi connectivity index (χ4v) is 10.3. The molecule has 26 heavy (non-hydrogen) atoms. The predicted octanol–water partition coefficient (Wildman–Crippen LogP) is 5.00. The van der Waals surface area contributed by atoms with Gasteiger partial charge in [0.05, 0.1) is 0 Å². The molecule has 0 heterocycles. The van der Waals surface area contributed by atoms with Crippen LogP contribution in [0.5, 0.6) is 0 Å². The van der Waals surface area contributed by atoms with Crippen LogP contribution in [0.15, 0.2) is 60.7 Å². The minimum absolute atomic E-state index is 0.0899. The zero-order chi connectivity index (χ0) is 18.4. The number of rotatable bonds is 5. The van der Waals surface area contributed by atoms with Crippen LogP contribution in [0, 0.1) is 17.8 Å². The average molecular weight is 365 g/mol. The van der Waals surface area contributed by atoms with Gasteiger partial charge in [-0.05, 0) is 46.0 Å². The van der Waals surface area contributed by atoms with Crippen LogP contribution in [-0.2, 0) is 4.43 Å². The lowest BCUT2D eigenvalue weighted by atomic mass is 10.1. The van der Waals surface area contributed by atoms with Crippen molar-refractivity contribution in [2.45, 2.75) is 58.1 Å². The van der Waals surface area contributed by atoms with Crippen molar-refractivity contribution in [3.8, 4) is 0 Å². The SMILES string of the molecule is CCC1[C@H]2CC(O[Si](c3ccccc3)(c3ccccc3)C(C)(C)C)C[C@@H]12. The first-order valence-corrected chi connectivity index (χ1v) is 12.2. The van der Waals surface area contributed by atoms with Crippen molar-refractivity contribution in [1.82, 2.24) is 0 Å². The molecule has 0 radical (unpaired) electrons. The normalized spacial score (nSPS) is 28.0. The van der Waals surface area contributed by atoms with Crippen LogP contribution in [0.1, 0.15) is 47.0 Å². The standard InChI is InChI=1S/C24H32OSi/c1-5-21-22-16-18(17-23(21)22)25-26(24(2,3)4,19-12-8-6-9-13-19)20-14-10-7-11-15-20/h6-15,18,21-23H,5,16-17H2,1-4H3/t18?,21?,22-,23+. The summed E-state index contributed by atoms with van der Waals surface area (Å²) in [5.41, 5.74) is 0. The third-order valence-electron chi connectivity index (χ3n) is 6.81. The van der Waals surface area contributed by atoms with E-state index >= 15 is 0 Å². The Hall–Kier alpha value is -1.38. The Kier molecular flexibility index (Phi) is 4.61. The second-order valence-corrected chi connectivity index (χ2v) is 13.5. The maximum Gasteiger partial charge on any atom is 0.261 e. The van der Waals surface area contributed by atoms with E-state index in [0.717, 1.165) is 17.8 Å². The van der Waals surface area contributed by atoms with Crippen molar-refractivity contribution in [2.75, 3.05) is 0 Å². The Morgan fingerprint density at radius 1 is 0.846 bits per heavy atom. The van der Waals surface area contributed by atoms with Gasteiger partial charge in [-0.15, -0.1) is 0 Å². The van der Waals surface area contributed by atoms with E-state index in [4.69, 9.17) is 4.43 Å². The maximum atomic E-state index is 7.27. The third-order valence-corrected chi connectivity index (χ3v) is 11.9. The highest BCUT2D eigenvalue weighted by atomic mass is 28.4. The van der Waals surface area contributed by atoms with Crippen molar-refractivity contribution in [3.63, 3.8) is 0 Å². The van der Waals surface area contributed by atoms with E-state index in [2.05, 4.69) is 88.4 Å². The smallest absolute Gasteiger partial charge is 0.261 e. The van der Waals surface area contributed by atoms with Gasteiger partial charge in [-0.3, -0.25) is 0 Å². The molecule has 2 heteroatoms. The molecule has 2 aromatic rings. The fourth-order valence-electron chi connectivity index (χ4n) is 5.57. The highest BCUT2D eigenvalue weighted by Crippen LogP contribution is 2.60. The molecule has 138 valence electrons. The quantitative estimate of drug-likeness (QED) is 0.679. The largest absolute Gasteiger partial charge is 0.404 e. The van der Waals surface area contributed by atoms with E-state index in [1.807, 2.05) is 0 Å². The van der Waals surface area contributed by atoms with Crippen molar-refractivity contribution in [3.05, 3.63) is 60.7 Å². The Morgan fingerprint density at radius 2 is 1.31 bits per heavy atom. The molecular formula is C24H32OSi. The molecule has 0 aromatic heterocycles. The number of hydrogen-bond acceptors (Lipinski definition) is 1. The second-order valence-electron chi connectivity index (χ2n) is 9.27. The second kappa shape index (κ2) is 6.65. The Balaban J connectivity index is 1.74. The maximum absolute atomic E-state index is 7.27. The van der Waals surface area contributed by atoms with E-state index < -0.39 is 8.32 Å². The highest BCUT2D eigenvalue weighted by Gasteiger charge is 2.58. The summed E-state index contributed by atoms with van der Waals surface area (Å²) in [5, 5.41) is 2.91. The topological polar surface area (TPSA) is 9.23 Å². The summed E-state index contributed by atoms with van der Waals surface area (Å²) in [4.78, 5) is 0. The molecule has 0 spiro atoms. The van der Waals surface area contributed by atoms with E-state index in [1.54, 1.807) is 0 Å². The molecule has 0 N–H and O–H groups in total. The first-order valence-electron chi connectivity index (χ1n) is 10.3. The first-order chi connectivity index (χ1) is 12.5. The molecule has 2 aromatic carbocycles. The van der Waals surface area contributed by atoms with E-state index in [-0.39, 0.29) is 5.04 Å². The molecule has 4 rings (SSSR count). The highest BCUT2D eigenvalue weighted by molar-refractivity contribution is 6.99. The molecule has 4 atom stereocenters. The summed E-state index contributed by atoms with van der Waals surface area (Å²) in [5.74, 6) is 2.85. The van der Waals surface area contributed by atoms with Crippen LogP contribution in [0.4, 0.5) is 0 Å². The van der Waals surface area contributed by atoms with Gasteiger partial charge in [-0.2, -0.15) is 0 Å². The summed E-state index contributed by atoms with van der Waals surface area (Å²) < 4.78 is 7.27. The Bertz CT molecular complexity index is 682. The third kappa shape index (κ3) is 2.88. The lowest BCUT2D eigenvalue weighted by molar-refractivity contribution is 0.173. The molecule has 0 saturated heterocycles. The summed E-state index contributed by atoms with van der Waals surface area (Å²) in [7, 11) is -2.36. The van der Waals surface area contributed by atoms with Crippen molar-refractivity contribution in [1.29, 1.82) is 0 Å². The van der Waals surface area contributed by atoms with Crippen molar-refractivity contribution in [2.24, 2.45) is 17.8 Å². The van der Waals surface area contributed by atoms with Gasteiger partial charge >= 0.3 is 0 Å². The Labute approximate surface area is 159 Å². The van der Waals surface area contributed by atoms with Crippen LogP contribution in [0.2, 0.25) is 5.04 Å². The molecule has 2 fully saturated rings. The lowest BCUT2D eigenvalue weighted by Crippen LogP contribution is -2.67. The summed E-state index contributed by atoms with van der Waals surface area (Å²) in [6.45, 7) is 9.48. The molecule has 0 aliphatic heterocycles. The molecule has 0 bridgehead atoms. The number of fused-ring (bicyclic) bond motifs is 1. The van der Waals surface area contributed by atoms with Gasteiger partial charge in [0.25, 0.3) is 8.32 Å². The van der Waals surface area contributed by atoms with E-state index in [1.165, 1.54) is 29.6 Å². The van der Waals surface area contributed by atoms with E-state index in [9.17, 15) is 0 Å². The zero-order valence-electron chi connectivity index (χ0n) is 16.6. The minimum atomic E-state index is -2.36. The molecular weight excluding hydrogens is 332 g/mol. The molecule has 0 amide bonds. The summed E-state index contributed by atoms with van der Waals surface area (Å²) in [6, 6.07) is 22.1. The van der Waals surface area contributed by atoms with Gasteiger partial charge in [0.1, 0.15) is 0 Å². The van der Waals surface area contributed by atoms with E-state index in [0.29, 0.717) is 6.10 Å². The van der Waals surface area contributed by atoms with Crippen LogP contribution >= 0.6 is 0 Å².